The van der Waals surface area contributed by atoms with Crippen LogP contribution in [0.1, 0.15) is 36.6 Å². The summed E-state index contributed by atoms with van der Waals surface area (Å²) in [4.78, 5) is 42.6. The van der Waals surface area contributed by atoms with E-state index in [0.717, 1.165) is 11.1 Å². The second-order valence-electron chi connectivity index (χ2n) is 9.70. The van der Waals surface area contributed by atoms with Crippen molar-refractivity contribution in [2.24, 2.45) is 4.99 Å². The molecule has 0 bridgehead atoms. The number of aromatic nitrogens is 1. The summed E-state index contributed by atoms with van der Waals surface area (Å²) >= 11 is 1.22. The molecular weight excluding hydrogens is 574 g/mol. The summed E-state index contributed by atoms with van der Waals surface area (Å²) in [5, 5.41) is 10.9. The Morgan fingerprint density at radius 2 is 1.93 bits per heavy atom. The number of hydrogen-bond acceptors (Lipinski definition) is 10. The topological polar surface area (TPSA) is 131 Å². The molecule has 0 saturated heterocycles. The van der Waals surface area contributed by atoms with Gasteiger partial charge in [0.25, 0.3) is 11.2 Å². The molecule has 2 aliphatic rings. The van der Waals surface area contributed by atoms with E-state index in [-0.39, 0.29) is 36.8 Å². The molecule has 2 aliphatic heterocycles. The molecule has 3 aromatic carbocycles. The number of carbonyl (C=O) groups is 1. The van der Waals surface area contributed by atoms with Crippen LogP contribution >= 0.6 is 11.3 Å². The molecule has 0 aliphatic carbocycles. The van der Waals surface area contributed by atoms with Crippen molar-refractivity contribution in [3.8, 4) is 17.2 Å². The maximum Gasteiger partial charge on any atom is 0.338 e. The molecule has 0 saturated carbocycles. The SMILES string of the molecule is CCOC(=O)C1=C(C)N=c2s/c(=C\c3cccc(OCc4ccc([N+](=O)[O-])cc4)c3)c(=O)n2[C@@H]1c1ccc2c(c1)OCO2. The molecule has 11 nitrogen and oxygen atoms in total. The third-order valence-electron chi connectivity index (χ3n) is 6.94. The number of carbonyl (C=O) groups excluding carboxylic acids is 1. The van der Waals surface area contributed by atoms with Gasteiger partial charge in [0.2, 0.25) is 6.79 Å². The highest BCUT2D eigenvalue weighted by Gasteiger charge is 2.34. The zero-order valence-corrected chi connectivity index (χ0v) is 24.0. The number of fused-ring (bicyclic) bond motifs is 2. The number of nitro benzene ring substituents is 1. The Hall–Kier alpha value is -5.23. The van der Waals surface area contributed by atoms with E-state index >= 15 is 0 Å². The van der Waals surface area contributed by atoms with Crippen molar-refractivity contribution in [3.05, 3.63) is 124 Å². The van der Waals surface area contributed by atoms with Gasteiger partial charge in [0.05, 0.1) is 33.4 Å². The van der Waals surface area contributed by atoms with E-state index in [1.54, 1.807) is 62.4 Å². The standard InChI is InChI=1S/C31H25N3O8S/c1-3-39-30(36)27-18(2)32-31-33(28(27)21-9-12-24-25(15-21)42-17-41-24)29(35)26(43-31)14-20-5-4-6-23(13-20)40-16-19-7-10-22(11-8-19)34(37)38/h4-15,28H,3,16-17H2,1-2H3/b26-14-/t28-/m1/s1. The molecule has 6 rings (SSSR count). The van der Waals surface area contributed by atoms with Gasteiger partial charge in [0, 0.05) is 12.1 Å². The molecule has 0 N–H and O–H groups in total. The summed E-state index contributed by atoms with van der Waals surface area (Å²) in [6.45, 7) is 3.95. The van der Waals surface area contributed by atoms with Crippen LogP contribution in [0.25, 0.3) is 6.08 Å². The van der Waals surface area contributed by atoms with E-state index in [0.29, 0.717) is 37.8 Å². The van der Waals surface area contributed by atoms with Crippen molar-refractivity contribution in [3.63, 3.8) is 0 Å². The predicted octanol–water partition coefficient (Wildman–Crippen LogP) is 4.01. The zero-order chi connectivity index (χ0) is 30.1. The van der Waals surface area contributed by atoms with Gasteiger partial charge in [0.15, 0.2) is 16.3 Å². The lowest BCUT2D eigenvalue weighted by atomic mass is 9.95. The van der Waals surface area contributed by atoms with Crippen LogP contribution in [0.5, 0.6) is 17.2 Å². The monoisotopic (exact) mass is 599 g/mol. The first kappa shape index (κ1) is 27.9. The number of hydrogen-bond donors (Lipinski definition) is 0. The first-order valence-corrected chi connectivity index (χ1v) is 14.2. The van der Waals surface area contributed by atoms with E-state index in [4.69, 9.17) is 18.9 Å². The molecule has 4 aromatic rings. The number of non-ortho nitro benzene ring substituents is 1. The van der Waals surface area contributed by atoms with E-state index in [9.17, 15) is 19.7 Å². The minimum atomic E-state index is -0.775. The van der Waals surface area contributed by atoms with Crippen molar-refractivity contribution < 1.29 is 28.7 Å². The Morgan fingerprint density at radius 1 is 1.14 bits per heavy atom. The number of nitro groups is 1. The molecule has 3 heterocycles. The summed E-state index contributed by atoms with van der Waals surface area (Å²) in [5.41, 5.74) is 2.62. The van der Waals surface area contributed by atoms with Gasteiger partial charge in [-0.1, -0.05) is 29.5 Å². The fourth-order valence-electron chi connectivity index (χ4n) is 4.92. The van der Waals surface area contributed by atoms with Crippen LogP contribution in [0.3, 0.4) is 0 Å². The molecule has 0 radical (unpaired) electrons. The quantitative estimate of drug-likeness (QED) is 0.169. The second kappa shape index (κ2) is 11.6. The highest BCUT2D eigenvalue weighted by molar-refractivity contribution is 7.07. The fourth-order valence-corrected chi connectivity index (χ4v) is 5.96. The van der Waals surface area contributed by atoms with Gasteiger partial charge in [-0.2, -0.15) is 0 Å². The number of esters is 1. The molecule has 1 aromatic heterocycles. The van der Waals surface area contributed by atoms with E-state index < -0.39 is 16.9 Å². The highest BCUT2D eigenvalue weighted by atomic mass is 32.1. The van der Waals surface area contributed by atoms with E-state index in [1.165, 1.54) is 28.0 Å². The molecule has 43 heavy (non-hydrogen) atoms. The third-order valence-corrected chi connectivity index (χ3v) is 7.92. The average molecular weight is 600 g/mol. The summed E-state index contributed by atoms with van der Waals surface area (Å²) in [6.07, 6.45) is 1.75. The maximum atomic E-state index is 13.9. The summed E-state index contributed by atoms with van der Waals surface area (Å²) < 4.78 is 24.2. The minimum absolute atomic E-state index is 0.0116. The average Bonchev–Trinajstić information content (AvgIpc) is 3.59. The van der Waals surface area contributed by atoms with Crippen LogP contribution in [0.4, 0.5) is 5.69 Å². The number of thiazole rings is 1. The maximum absolute atomic E-state index is 13.9. The number of allylic oxidation sites excluding steroid dienone is 1. The Labute approximate surface area is 248 Å². The van der Waals surface area contributed by atoms with Gasteiger partial charge in [-0.25, -0.2) is 9.79 Å². The highest BCUT2D eigenvalue weighted by Crippen LogP contribution is 2.38. The molecular formula is C31H25N3O8S. The lowest BCUT2D eigenvalue weighted by Gasteiger charge is -2.24. The van der Waals surface area contributed by atoms with Crippen LogP contribution in [-0.2, 0) is 16.1 Å². The largest absolute Gasteiger partial charge is 0.489 e. The molecule has 1 atom stereocenters. The van der Waals surface area contributed by atoms with Crippen LogP contribution in [0, 0.1) is 10.1 Å². The lowest BCUT2D eigenvalue weighted by molar-refractivity contribution is -0.384. The van der Waals surface area contributed by atoms with Crippen LogP contribution in [0.15, 0.2) is 87.8 Å². The van der Waals surface area contributed by atoms with Gasteiger partial charge >= 0.3 is 5.97 Å². The number of ether oxygens (including phenoxy) is 4. The van der Waals surface area contributed by atoms with Crippen molar-refractivity contribution in [1.29, 1.82) is 0 Å². The van der Waals surface area contributed by atoms with Gasteiger partial charge in [-0.15, -0.1) is 0 Å². The molecule has 0 unspecified atom stereocenters. The number of nitrogens with zero attached hydrogens (tertiary/aromatic N) is 3. The molecule has 0 fully saturated rings. The fraction of sp³-hybridized carbons (Fsp3) is 0.194. The van der Waals surface area contributed by atoms with Gasteiger partial charge in [-0.3, -0.25) is 19.5 Å². The first-order chi connectivity index (χ1) is 20.8. The zero-order valence-electron chi connectivity index (χ0n) is 23.1. The Kier molecular flexibility index (Phi) is 7.51. The van der Waals surface area contributed by atoms with Gasteiger partial charge in [0.1, 0.15) is 12.4 Å². The number of rotatable bonds is 8. The third kappa shape index (κ3) is 5.52. The van der Waals surface area contributed by atoms with Crippen molar-refractivity contribution >= 4 is 29.1 Å². The molecule has 218 valence electrons. The second-order valence-corrected chi connectivity index (χ2v) is 10.7. The van der Waals surface area contributed by atoms with Crippen molar-refractivity contribution in [2.45, 2.75) is 26.5 Å². The van der Waals surface area contributed by atoms with Gasteiger partial charge < -0.3 is 18.9 Å². The normalized spacial score (nSPS) is 15.6. The van der Waals surface area contributed by atoms with Crippen molar-refractivity contribution in [1.82, 2.24) is 4.57 Å². The summed E-state index contributed by atoms with van der Waals surface area (Å²) in [7, 11) is 0. The molecule has 12 heteroatoms. The number of benzene rings is 3. The predicted molar refractivity (Wildman–Crippen MR) is 157 cm³/mol. The van der Waals surface area contributed by atoms with Gasteiger partial charge in [-0.05, 0) is 73.0 Å². The van der Waals surface area contributed by atoms with Crippen LogP contribution < -0.4 is 29.1 Å². The molecule has 0 amide bonds. The van der Waals surface area contributed by atoms with E-state index in [2.05, 4.69) is 4.99 Å². The lowest BCUT2D eigenvalue weighted by Crippen LogP contribution is -2.39. The minimum Gasteiger partial charge on any atom is -0.489 e. The smallest absolute Gasteiger partial charge is 0.338 e. The molecule has 0 spiro atoms. The van der Waals surface area contributed by atoms with Crippen LogP contribution in [0.2, 0.25) is 0 Å². The van der Waals surface area contributed by atoms with Crippen molar-refractivity contribution in [2.75, 3.05) is 13.4 Å². The first-order valence-electron chi connectivity index (χ1n) is 13.4. The Balaban J connectivity index is 1.35. The summed E-state index contributed by atoms with van der Waals surface area (Å²) in [5.74, 6) is 1.14. The Morgan fingerprint density at radius 3 is 2.70 bits per heavy atom. The van der Waals surface area contributed by atoms with E-state index in [1.807, 2.05) is 12.1 Å². The Bertz CT molecular complexity index is 1960. The van der Waals surface area contributed by atoms with Crippen LogP contribution in [-0.4, -0.2) is 28.9 Å². The summed E-state index contributed by atoms with van der Waals surface area (Å²) in [6, 6.07) is 18.0.